The number of carbonyl (C=O) groups is 1. The number of amides is 1. The van der Waals surface area contributed by atoms with Gasteiger partial charge in [0.15, 0.2) is 0 Å². The summed E-state index contributed by atoms with van der Waals surface area (Å²) in [4.78, 5) is 15.3. The number of halogens is 4. The second-order valence-corrected chi connectivity index (χ2v) is 6.90. The van der Waals surface area contributed by atoms with Gasteiger partial charge >= 0.3 is 6.18 Å². The quantitative estimate of drug-likeness (QED) is 0.688. The lowest BCUT2D eigenvalue weighted by molar-refractivity contribution is -0.145. The van der Waals surface area contributed by atoms with Crippen LogP contribution in [0.4, 0.5) is 13.2 Å². The first-order valence-corrected chi connectivity index (χ1v) is 9.08. The first-order chi connectivity index (χ1) is 12.2. The van der Waals surface area contributed by atoms with Crippen molar-refractivity contribution in [2.75, 3.05) is 39.3 Å². The predicted octanol–water partition coefficient (Wildman–Crippen LogP) is 3.90. The fourth-order valence-electron chi connectivity index (χ4n) is 2.91. The van der Waals surface area contributed by atoms with E-state index in [0.717, 1.165) is 5.56 Å². The highest BCUT2D eigenvalue weighted by Gasteiger charge is 2.31. The van der Waals surface area contributed by atoms with Gasteiger partial charge < -0.3 is 9.64 Å². The molecule has 1 aromatic rings. The van der Waals surface area contributed by atoms with Crippen LogP contribution in [0.3, 0.4) is 0 Å². The number of hydrogen-bond acceptors (Lipinski definition) is 3. The summed E-state index contributed by atoms with van der Waals surface area (Å²) in [6.07, 6.45) is -2.76. The van der Waals surface area contributed by atoms with Crippen molar-refractivity contribution in [2.45, 2.75) is 32.4 Å². The van der Waals surface area contributed by atoms with E-state index < -0.39 is 12.7 Å². The SMILES string of the molecule is Cc1cc(OCCCC(=O)N2CCCN(CC(F)(F)F)CC2)ccc1Cl. The molecule has 2 rings (SSSR count). The van der Waals surface area contributed by atoms with Crippen molar-refractivity contribution in [3.63, 3.8) is 0 Å². The van der Waals surface area contributed by atoms with Gasteiger partial charge in [-0.1, -0.05) is 11.6 Å². The summed E-state index contributed by atoms with van der Waals surface area (Å²) >= 11 is 5.96. The Hall–Kier alpha value is -1.47. The van der Waals surface area contributed by atoms with E-state index in [-0.39, 0.29) is 12.5 Å². The molecule has 1 fully saturated rings. The topological polar surface area (TPSA) is 32.8 Å². The number of hydrogen-bond donors (Lipinski definition) is 0. The van der Waals surface area contributed by atoms with Crippen LogP contribution >= 0.6 is 11.6 Å². The molecule has 1 amide bonds. The Balaban J connectivity index is 1.70. The molecule has 1 heterocycles. The fourth-order valence-corrected chi connectivity index (χ4v) is 3.03. The van der Waals surface area contributed by atoms with E-state index in [1.54, 1.807) is 17.0 Å². The van der Waals surface area contributed by atoms with Crippen molar-refractivity contribution in [3.05, 3.63) is 28.8 Å². The summed E-state index contributed by atoms with van der Waals surface area (Å²) in [6, 6.07) is 5.39. The first-order valence-electron chi connectivity index (χ1n) is 8.70. The highest BCUT2D eigenvalue weighted by atomic mass is 35.5. The van der Waals surface area contributed by atoms with Crippen LogP contribution in [0.1, 0.15) is 24.8 Å². The molecule has 0 aromatic heterocycles. The van der Waals surface area contributed by atoms with Crippen molar-refractivity contribution in [1.82, 2.24) is 9.80 Å². The lowest BCUT2D eigenvalue weighted by Crippen LogP contribution is -2.38. The summed E-state index contributed by atoms with van der Waals surface area (Å²) in [6.45, 7) is 2.84. The number of ether oxygens (including phenoxy) is 1. The van der Waals surface area contributed by atoms with Gasteiger partial charge in [0.1, 0.15) is 5.75 Å². The van der Waals surface area contributed by atoms with Crippen molar-refractivity contribution in [3.8, 4) is 5.75 Å². The second kappa shape index (κ2) is 9.46. The third-order valence-corrected chi connectivity index (χ3v) is 4.70. The van der Waals surface area contributed by atoms with Gasteiger partial charge in [-0.15, -0.1) is 0 Å². The zero-order chi connectivity index (χ0) is 19.2. The molecule has 0 N–H and O–H groups in total. The maximum atomic E-state index is 12.5. The van der Waals surface area contributed by atoms with Gasteiger partial charge in [0.05, 0.1) is 13.2 Å². The molecular weight excluding hydrogens is 369 g/mol. The van der Waals surface area contributed by atoms with E-state index in [1.807, 2.05) is 13.0 Å². The molecule has 26 heavy (non-hydrogen) atoms. The Labute approximate surface area is 156 Å². The van der Waals surface area contributed by atoms with Crippen LogP contribution in [0.25, 0.3) is 0 Å². The van der Waals surface area contributed by atoms with Crippen LogP contribution in [-0.4, -0.2) is 61.2 Å². The van der Waals surface area contributed by atoms with E-state index >= 15 is 0 Å². The van der Waals surface area contributed by atoms with Crippen LogP contribution in [0.15, 0.2) is 18.2 Å². The van der Waals surface area contributed by atoms with Gasteiger partial charge in [-0.3, -0.25) is 9.69 Å². The number of nitrogens with zero attached hydrogens (tertiary/aromatic N) is 2. The molecule has 1 aromatic carbocycles. The molecule has 4 nitrogen and oxygen atoms in total. The molecule has 1 aliphatic heterocycles. The normalized spacial score (nSPS) is 16.4. The Morgan fingerprint density at radius 2 is 2.00 bits per heavy atom. The van der Waals surface area contributed by atoms with Crippen LogP contribution in [0.2, 0.25) is 5.02 Å². The summed E-state index contributed by atoms with van der Waals surface area (Å²) in [7, 11) is 0. The Morgan fingerprint density at radius 1 is 1.23 bits per heavy atom. The molecule has 0 bridgehead atoms. The molecule has 0 saturated carbocycles. The molecule has 8 heteroatoms. The van der Waals surface area contributed by atoms with Gasteiger partial charge in [-0.05, 0) is 43.5 Å². The van der Waals surface area contributed by atoms with Gasteiger partial charge in [0.25, 0.3) is 0 Å². The maximum absolute atomic E-state index is 12.5. The van der Waals surface area contributed by atoms with E-state index in [4.69, 9.17) is 16.3 Å². The number of alkyl halides is 3. The first kappa shape index (κ1) is 20.8. The smallest absolute Gasteiger partial charge is 0.401 e. The van der Waals surface area contributed by atoms with E-state index in [1.165, 1.54) is 4.90 Å². The summed E-state index contributed by atoms with van der Waals surface area (Å²) < 4.78 is 43.0. The van der Waals surface area contributed by atoms with Crippen molar-refractivity contribution < 1.29 is 22.7 Å². The Bertz CT molecular complexity index is 611. The molecule has 0 radical (unpaired) electrons. The monoisotopic (exact) mass is 392 g/mol. The van der Waals surface area contributed by atoms with Crippen molar-refractivity contribution in [1.29, 1.82) is 0 Å². The third kappa shape index (κ3) is 7.03. The number of carbonyl (C=O) groups excluding carboxylic acids is 1. The Morgan fingerprint density at radius 3 is 2.69 bits per heavy atom. The molecule has 0 spiro atoms. The maximum Gasteiger partial charge on any atom is 0.401 e. The van der Waals surface area contributed by atoms with Crippen LogP contribution < -0.4 is 4.74 Å². The minimum absolute atomic E-state index is 0.0326. The molecule has 1 aliphatic rings. The highest BCUT2D eigenvalue weighted by Crippen LogP contribution is 2.21. The molecule has 146 valence electrons. The van der Waals surface area contributed by atoms with E-state index in [0.29, 0.717) is 56.3 Å². The lowest BCUT2D eigenvalue weighted by Gasteiger charge is -2.22. The third-order valence-electron chi connectivity index (χ3n) is 4.28. The van der Waals surface area contributed by atoms with Gasteiger partial charge in [0.2, 0.25) is 5.91 Å². The average Bonchev–Trinajstić information content (AvgIpc) is 2.78. The number of benzene rings is 1. The summed E-state index contributed by atoms with van der Waals surface area (Å²) in [5.74, 6) is 0.673. The number of rotatable bonds is 6. The Kier molecular flexibility index (Phi) is 7.58. The predicted molar refractivity (Wildman–Crippen MR) is 94.6 cm³/mol. The lowest BCUT2D eigenvalue weighted by atomic mass is 10.2. The van der Waals surface area contributed by atoms with E-state index in [9.17, 15) is 18.0 Å². The molecule has 0 atom stereocenters. The largest absolute Gasteiger partial charge is 0.494 e. The minimum atomic E-state index is -4.20. The molecule has 1 saturated heterocycles. The van der Waals surface area contributed by atoms with Gasteiger partial charge in [0, 0.05) is 37.6 Å². The molecule has 0 aliphatic carbocycles. The van der Waals surface area contributed by atoms with Crippen LogP contribution in [-0.2, 0) is 4.79 Å². The zero-order valence-electron chi connectivity index (χ0n) is 14.8. The van der Waals surface area contributed by atoms with Crippen LogP contribution in [0, 0.1) is 6.92 Å². The molecule has 0 unspecified atom stereocenters. The van der Waals surface area contributed by atoms with Crippen molar-refractivity contribution in [2.24, 2.45) is 0 Å². The number of aryl methyl sites for hydroxylation is 1. The highest BCUT2D eigenvalue weighted by molar-refractivity contribution is 6.31. The fraction of sp³-hybridized carbons (Fsp3) is 0.611. The summed E-state index contributed by atoms with van der Waals surface area (Å²) in [5.41, 5.74) is 0.924. The minimum Gasteiger partial charge on any atom is -0.494 e. The molecular formula is C18H24ClF3N2O2. The zero-order valence-corrected chi connectivity index (χ0v) is 15.6. The van der Waals surface area contributed by atoms with Gasteiger partial charge in [-0.2, -0.15) is 13.2 Å². The standard InChI is InChI=1S/C18H24ClF3N2O2/c1-14-12-15(5-6-16(14)19)26-11-2-4-17(25)24-8-3-7-23(9-10-24)13-18(20,21)22/h5-6,12H,2-4,7-11,13H2,1H3. The second-order valence-electron chi connectivity index (χ2n) is 6.49. The van der Waals surface area contributed by atoms with Gasteiger partial charge in [-0.25, -0.2) is 0 Å². The van der Waals surface area contributed by atoms with Crippen molar-refractivity contribution >= 4 is 17.5 Å². The average molecular weight is 393 g/mol. The summed E-state index contributed by atoms with van der Waals surface area (Å²) in [5, 5.41) is 0.674. The van der Waals surface area contributed by atoms with E-state index in [2.05, 4.69) is 0 Å². The van der Waals surface area contributed by atoms with Crippen LogP contribution in [0.5, 0.6) is 5.75 Å².